The summed E-state index contributed by atoms with van der Waals surface area (Å²) in [7, 11) is 1.83. The Labute approximate surface area is 124 Å². The van der Waals surface area contributed by atoms with Gasteiger partial charge in [0.25, 0.3) is 0 Å². The Bertz CT molecular complexity index is 539. The van der Waals surface area contributed by atoms with Gasteiger partial charge in [-0.05, 0) is 28.0 Å². The number of rotatable bonds is 5. The van der Waals surface area contributed by atoms with Crippen LogP contribution >= 0.6 is 11.3 Å². The van der Waals surface area contributed by atoms with Gasteiger partial charge in [0.1, 0.15) is 0 Å². The van der Waals surface area contributed by atoms with E-state index in [0.29, 0.717) is 6.54 Å². The summed E-state index contributed by atoms with van der Waals surface area (Å²) < 4.78 is 0. The molecule has 3 nitrogen and oxygen atoms in total. The zero-order valence-electron chi connectivity index (χ0n) is 11.8. The molecule has 0 aliphatic rings. The molecule has 0 aliphatic carbocycles. The number of hydrogen-bond donors (Lipinski definition) is 1. The van der Waals surface area contributed by atoms with Crippen LogP contribution in [0.5, 0.6) is 0 Å². The molecule has 0 saturated heterocycles. The quantitative estimate of drug-likeness (QED) is 0.919. The molecule has 1 aromatic carbocycles. The van der Waals surface area contributed by atoms with Crippen molar-refractivity contribution in [2.45, 2.75) is 19.5 Å². The molecule has 0 aliphatic heterocycles. The molecule has 2 atom stereocenters. The molecular formula is C16H20N2OS. The van der Waals surface area contributed by atoms with Crippen molar-refractivity contribution in [1.29, 1.82) is 0 Å². The largest absolute Gasteiger partial charge is 0.341 e. The van der Waals surface area contributed by atoms with Gasteiger partial charge in [0.2, 0.25) is 5.91 Å². The molecule has 2 aromatic rings. The SMILES string of the molecule is CC(C(=O)N(C)Cc1ccsc1)C(N)c1ccccc1. The zero-order valence-corrected chi connectivity index (χ0v) is 12.6. The number of thiophene rings is 1. The lowest BCUT2D eigenvalue weighted by Crippen LogP contribution is -2.36. The molecule has 0 saturated carbocycles. The normalized spacial score (nSPS) is 13.8. The van der Waals surface area contributed by atoms with Crippen molar-refractivity contribution >= 4 is 17.2 Å². The lowest BCUT2D eigenvalue weighted by molar-refractivity contribution is -0.134. The average molecular weight is 288 g/mol. The van der Waals surface area contributed by atoms with Crippen molar-refractivity contribution in [2.24, 2.45) is 11.7 Å². The van der Waals surface area contributed by atoms with E-state index in [9.17, 15) is 4.79 Å². The summed E-state index contributed by atoms with van der Waals surface area (Å²) in [5, 5.41) is 4.08. The van der Waals surface area contributed by atoms with Crippen molar-refractivity contribution in [3.05, 3.63) is 58.3 Å². The predicted molar refractivity (Wildman–Crippen MR) is 83.3 cm³/mol. The summed E-state index contributed by atoms with van der Waals surface area (Å²) in [5.41, 5.74) is 8.36. The topological polar surface area (TPSA) is 46.3 Å². The van der Waals surface area contributed by atoms with E-state index in [2.05, 4.69) is 5.38 Å². The Kier molecular flexibility index (Phi) is 4.93. The second kappa shape index (κ2) is 6.68. The Hall–Kier alpha value is -1.65. The van der Waals surface area contributed by atoms with E-state index in [-0.39, 0.29) is 17.9 Å². The number of carbonyl (C=O) groups excluding carboxylic acids is 1. The van der Waals surface area contributed by atoms with E-state index in [1.54, 1.807) is 16.2 Å². The van der Waals surface area contributed by atoms with Crippen LogP contribution in [-0.2, 0) is 11.3 Å². The van der Waals surface area contributed by atoms with Crippen LogP contribution in [0.15, 0.2) is 47.2 Å². The first kappa shape index (κ1) is 14.8. The monoisotopic (exact) mass is 288 g/mol. The highest BCUT2D eigenvalue weighted by atomic mass is 32.1. The summed E-state index contributed by atoms with van der Waals surface area (Å²) in [6, 6.07) is 11.5. The average Bonchev–Trinajstić information content (AvgIpc) is 2.98. The fraction of sp³-hybridized carbons (Fsp3) is 0.312. The number of nitrogens with zero attached hydrogens (tertiary/aromatic N) is 1. The fourth-order valence-corrected chi connectivity index (χ4v) is 2.86. The second-order valence-corrected chi connectivity index (χ2v) is 5.83. The van der Waals surface area contributed by atoms with Gasteiger partial charge in [-0.3, -0.25) is 4.79 Å². The van der Waals surface area contributed by atoms with Gasteiger partial charge in [-0.1, -0.05) is 37.3 Å². The van der Waals surface area contributed by atoms with Gasteiger partial charge in [0, 0.05) is 19.6 Å². The maximum absolute atomic E-state index is 12.4. The molecule has 20 heavy (non-hydrogen) atoms. The van der Waals surface area contributed by atoms with Crippen molar-refractivity contribution < 1.29 is 4.79 Å². The summed E-state index contributed by atoms with van der Waals surface area (Å²) in [6.07, 6.45) is 0. The first-order valence-corrected chi connectivity index (χ1v) is 7.60. The number of nitrogens with two attached hydrogens (primary N) is 1. The first-order chi connectivity index (χ1) is 9.59. The third-order valence-corrected chi connectivity index (χ3v) is 4.22. The molecule has 1 amide bonds. The zero-order chi connectivity index (χ0) is 14.5. The third-order valence-electron chi connectivity index (χ3n) is 3.49. The van der Waals surface area contributed by atoms with Crippen molar-refractivity contribution in [3.63, 3.8) is 0 Å². The molecule has 106 valence electrons. The highest BCUT2D eigenvalue weighted by molar-refractivity contribution is 7.07. The van der Waals surface area contributed by atoms with Gasteiger partial charge in [-0.2, -0.15) is 11.3 Å². The third kappa shape index (κ3) is 3.46. The van der Waals surface area contributed by atoms with Crippen LogP contribution in [0.3, 0.4) is 0 Å². The van der Waals surface area contributed by atoms with E-state index in [1.165, 1.54) is 0 Å². The molecule has 0 fully saturated rings. The van der Waals surface area contributed by atoms with E-state index < -0.39 is 0 Å². The lowest BCUT2D eigenvalue weighted by atomic mass is 9.94. The van der Waals surface area contributed by atoms with Gasteiger partial charge < -0.3 is 10.6 Å². The van der Waals surface area contributed by atoms with Crippen LogP contribution < -0.4 is 5.73 Å². The Morgan fingerprint density at radius 3 is 2.60 bits per heavy atom. The van der Waals surface area contributed by atoms with Crippen LogP contribution in [0.2, 0.25) is 0 Å². The van der Waals surface area contributed by atoms with Gasteiger partial charge in [-0.25, -0.2) is 0 Å². The number of hydrogen-bond acceptors (Lipinski definition) is 3. The van der Waals surface area contributed by atoms with Crippen LogP contribution in [-0.4, -0.2) is 17.9 Å². The number of amides is 1. The highest BCUT2D eigenvalue weighted by Gasteiger charge is 2.24. The predicted octanol–water partition coefficient (Wildman–Crippen LogP) is 3.04. The summed E-state index contributed by atoms with van der Waals surface area (Å²) in [6.45, 7) is 2.53. The molecule has 0 radical (unpaired) electrons. The fourth-order valence-electron chi connectivity index (χ4n) is 2.20. The molecule has 4 heteroatoms. The van der Waals surface area contributed by atoms with Crippen LogP contribution in [0.25, 0.3) is 0 Å². The minimum absolute atomic E-state index is 0.0764. The minimum Gasteiger partial charge on any atom is -0.341 e. The molecular weight excluding hydrogens is 268 g/mol. The Balaban J connectivity index is 2.01. The van der Waals surface area contributed by atoms with E-state index in [1.807, 2.05) is 55.7 Å². The number of carbonyl (C=O) groups is 1. The van der Waals surface area contributed by atoms with E-state index >= 15 is 0 Å². The summed E-state index contributed by atoms with van der Waals surface area (Å²) in [4.78, 5) is 14.2. The van der Waals surface area contributed by atoms with E-state index in [4.69, 9.17) is 5.73 Å². The maximum Gasteiger partial charge on any atom is 0.227 e. The summed E-state index contributed by atoms with van der Waals surface area (Å²) >= 11 is 1.64. The van der Waals surface area contributed by atoms with Crippen LogP contribution in [0.4, 0.5) is 0 Å². The van der Waals surface area contributed by atoms with Gasteiger partial charge in [0.15, 0.2) is 0 Å². The Morgan fingerprint density at radius 2 is 2.00 bits per heavy atom. The summed E-state index contributed by atoms with van der Waals surface area (Å²) in [5.74, 6) is -0.159. The second-order valence-electron chi connectivity index (χ2n) is 5.05. The van der Waals surface area contributed by atoms with Crippen molar-refractivity contribution in [3.8, 4) is 0 Å². The standard InChI is InChI=1S/C16H20N2OS/c1-12(15(17)14-6-4-3-5-7-14)16(19)18(2)10-13-8-9-20-11-13/h3-9,11-12,15H,10,17H2,1-2H3. The smallest absolute Gasteiger partial charge is 0.227 e. The lowest BCUT2D eigenvalue weighted by Gasteiger charge is -2.25. The molecule has 1 heterocycles. The highest BCUT2D eigenvalue weighted by Crippen LogP contribution is 2.21. The molecule has 1 aromatic heterocycles. The van der Waals surface area contributed by atoms with Gasteiger partial charge >= 0.3 is 0 Å². The molecule has 2 unspecified atom stereocenters. The maximum atomic E-state index is 12.4. The van der Waals surface area contributed by atoms with Crippen LogP contribution in [0.1, 0.15) is 24.1 Å². The molecule has 0 bridgehead atoms. The van der Waals surface area contributed by atoms with Gasteiger partial charge in [-0.15, -0.1) is 0 Å². The van der Waals surface area contributed by atoms with Crippen LogP contribution in [0, 0.1) is 5.92 Å². The molecule has 0 spiro atoms. The minimum atomic E-state index is -0.270. The first-order valence-electron chi connectivity index (χ1n) is 6.66. The molecule has 2 N–H and O–H groups in total. The molecule has 2 rings (SSSR count). The van der Waals surface area contributed by atoms with Crippen molar-refractivity contribution in [2.75, 3.05) is 7.05 Å². The number of benzene rings is 1. The van der Waals surface area contributed by atoms with Crippen molar-refractivity contribution in [1.82, 2.24) is 4.90 Å². The Morgan fingerprint density at radius 1 is 1.30 bits per heavy atom. The van der Waals surface area contributed by atoms with E-state index in [0.717, 1.165) is 11.1 Å². The van der Waals surface area contributed by atoms with Gasteiger partial charge in [0.05, 0.1) is 5.92 Å².